The van der Waals surface area contributed by atoms with Gasteiger partial charge in [0, 0.05) is 17.1 Å². The standard InChI is InChI=1S/C28H30ClN3O2/c1-19-10-4-5-11-23(19)28(33)30-21(3)27-31-25-12-6-7-13-26(25)32(27)16-8-9-17-34-22-14-15-24(29)20(2)18-22/h4-7,10-15,18,21H,8-9,16-17H2,1-3H3,(H,30,33). The van der Waals surface area contributed by atoms with Crippen molar-refractivity contribution >= 4 is 28.5 Å². The van der Waals surface area contributed by atoms with Crippen molar-refractivity contribution in [2.75, 3.05) is 6.61 Å². The van der Waals surface area contributed by atoms with Crippen molar-refractivity contribution in [3.05, 3.63) is 94.3 Å². The number of carbonyl (C=O) groups is 1. The minimum atomic E-state index is -0.229. The lowest BCUT2D eigenvalue weighted by Gasteiger charge is -2.17. The predicted molar refractivity (Wildman–Crippen MR) is 138 cm³/mol. The van der Waals surface area contributed by atoms with E-state index in [1.165, 1.54) is 0 Å². The first-order valence-electron chi connectivity index (χ1n) is 11.6. The second-order valence-electron chi connectivity index (χ2n) is 8.59. The first kappa shape index (κ1) is 23.8. The minimum Gasteiger partial charge on any atom is -0.494 e. The normalized spacial score (nSPS) is 12.0. The van der Waals surface area contributed by atoms with Crippen LogP contribution in [0.2, 0.25) is 5.02 Å². The second kappa shape index (κ2) is 10.7. The molecule has 1 N–H and O–H groups in total. The number of rotatable bonds is 9. The van der Waals surface area contributed by atoms with Gasteiger partial charge in [0.1, 0.15) is 11.6 Å². The average Bonchev–Trinajstić information content (AvgIpc) is 3.20. The summed E-state index contributed by atoms with van der Waals surface area (Å²) in [7, 11) is 0. The third-order valence-electron chi connectivity index (χ3n) is 5.98. The molecule has 6 heteroatoms. The van der Waals surface area contributed by atoms with Gasteiger partial charge in [-0.15, -0.1) is 0 Å². The van der Waals surface area contributed by atoms with Crippen LogP contribution in [-0.2, 0) is 6.54 Å². The maximum Gasteiger partial charge on any atom is 0.252 e. The average molecular weight is 476 g/mol. The van der Waals surface area contributed by atoms with E-state index in [0.717, 1.165) is 58.1 Å². The maximum absolute atomic E-state index is 12.9. The van der Waals surface area contributed by atoms with Crippen LogP contribution in [0.5, 0.6) is 5.75 Å². The SMILES string of the molecule is Cc1cc(OCCCCn2c(C(C)NC(=O)c3ccccc3C)nc3ccccc32)ccc1Cl. The molecule has 1 amide bonds. The van der Waals surface area contributed by atoms with Crippen LogP contribution in [0.25, 0.3) is 11.0 Å². The number of imidazole rings is 1. The Balaban J connectivity index is 1.43. The van der Waals surface area contributed by atoms with E-state index in [2.05, 4.69) is 16.0 Å². The number of hydrogen-bond acceptors (Lipinski definition) is 3. The number of benzene rings is 3. The topological polar surface area (TPSA) is 56.1 Å². The van der Waals surface area contributed by atoms with Crippen LogP contribution in [0.15, 0.2) is 66.7 Å². The number of halogens is 1. The second-order valence-corrected chi connectivity index (χ2v) is 8.99. The number of ether oxygens (including phenoxy) is 1. The molecule has 0 radical (unpaired) electrons. The Morgan fingerprint density at radius 3 is 2.59 bits per heavy atom. The van der Waals surface area contributed by atoms with Crippen molar-refractivity contribution in [3.63, 3.8) is 0 Å². The molecule has 34 heavy (non-hydrogen) atoms. The molecular weight excluding hydrogens is 446 g/mol. The Labute approximate surface area is 205 Å². The van der Waals surface area contributed by atoms with Gasteiger partial charge in [0.15, 0.2) is 0 Å². The first-order chi connectivity index (χ1) is 16.4. The van der Waals surface area contributed by atoms with Crippen LogP contribution in [0.1, 0.15) is 53.1 Å². The van der Waals surface area contributed by atoms with E-state index in [9.17, 15) is 4.79 Å². The van der Waals surface area contributed by atoms with E-state index >= 15 is 0 Å². The fourth-order valence-electron chi connectivity index (χ4n) is 4.10. The molecule has 3 aromatic carbocycles. The van der Waals surface area contributed by atoms with Gasteiger partial charge >= 0.3 is 0 Å². The Kier molecular flexibility index (Phi) is 7.53. The molecule has 0 aliphatic carbocycles. The summed E-state index contributed by atoms with van der Waals surface area (Å²) in [6, 6.07) is 21.2. The summed E-state index contributed by atoms with van der Waals surface area (Å²) >= 11 is 6.09. The van der Waals surface area contributed by atoms with Crippen LogP contribution in [0, 0.1) is 13.8 Å². The van der Waals surface area contributed by atoms with Crippen LogP contribution in [-0.4, -0.2) is 22.1 Å². The number of nitrogens with zero attached hydrogens (tertiary/aromatic N) is 2. The van der Waals surface area contributed by atoms with Crippen molar-refractivity contribution in [3.8, 4) is 5.75 Å². The van der Waals surface area contributed by atoms with Crippen molar-refractivity contribution in [1.29, 1.82) is 0 Å². The largest absolute Gasteiger partial charge is 0.494 e. The van der Waals surface area contributed by atoms with Gasteiger partial charge in [0.05, 0.1) is 23.7 Å². The van der Waals surface area contributed by atoms with Gasteiger partial charge in [-0.3, -0.25) is 4.79 Å². The first-order valence-corrected chi connectivity index (χ1v) is 12.0. The Morgan fingerprint density at radius 2 is 1.79 bits per heavy atom. The van der Waals surface area contributed by atoms with Crippen molar-refractivity contribution in [1.82, 2.24) is 14.9 Å². The van der Waals surface area contributed by atoms with E-state index in [0.29, 0.717) is 12.2 Å². The molecule has 5 nitrogen and oxygen atoms in total. The molecule has 1 unspecified atom stereocenters. The highest BCUT2D eigenvalue weighted by Gasteiger charge is 2.19. The van der Waals surface area contributed by atoms with E-state index in [4.69, 9.17) is 21.3 Å². The minimum absolute atomic E-state index is 0.0872. The van der Waals surface area contributed by atoms with Crippen LogP contribution >= 0.6 is 11.6 Å². The molecule has 0 aliphatic rings. The number of nitrogens with one attached hydrogen (secondary N) is 1. The number of para-hydroxylation sites is 2. The van der Waals surface area contributed by atoms with Gasteiger partial charge < -0.3 is 14.6 Å². The molecule has 1 heterocycles. The number of aromatic nitrogens is 2. The summed E-state index contributed by atoms with van der Waals surface area (Å²) in [6.07, 6.45) is 1.83. The van der Waals surface area contributed by atoms with Crippen molar-refractivity contribution in [2.45, 2.75) is 46.2 Å². The molecule has 1 atom stereocenters. The lowest BCUT2D eigenvalue weighted by Crippen LogP contribution is -2.29. The van der Waals surface area contributed by atoms with Gasteiger partial charge in [-0.25, -0.2) is 4.98 Å². The number of carbonyl (C=O) groups excluding carboxylic acids is 1. The lowest BCUT2D eigenvalue weighted by molar-refractivity contribution is 0.0937. The number of unbranched alkanes of at least 4 members (excludes halogenated alkanes) is 1. The Morgan fingerprint density at radius 1 is 1.03 bits per heavy atom. The quantitative estimate of drug-likeness (QED) is 0.275. The molecule has 0 spiro atoms. The van der Waals surface area contributed by atoms with Gasteiger partial charge in [0.25, 0.3) is 5.91 Å². The molecule has 4 aromatic rings. The summed E-state index contributed by atoms with van der Waals surface area (Å²) in [5.74, 6) is 1.61. The van der Waals surface area contributed by atoms with E-state index in [-0.39, 0.29) is 11.9 Å². The molecule has 0 saturated heterocycles. The van der Waals surface area contributed by atoms with Gasteiger partial charge in [0.2, 0.25) is 0 Å². The monoisotopic (exact) mass is 475 g/mol. The van der Waals surface area contributed by atoms with Crippen molar-refractivity contribution in [2.24, 2.45) is 0 Å². The van der Waals surface area contributed by atoms with Crippen LogP contribution in [0.3, 0.4) is 0 Å². The number of amides is 1. The zero-order valence-electron chi connectivity index (χ0n) is 19.8. The molecule has 0 aliphatic heterocycles. The van der Waals surface area contributed by atoms with Crippen LogP contribution in [0.4, 0.5) is 0 Å². The highest BCUT2D eigenvalue weighted by atomic mass is 35.5. The number of aryl methyl sites for hydroxylation is 3. The molecule has 4 rings (SSSR count). The summed E-state index contributed by atoms with van der Waals surface area (Å²) < 4.78 is 8.11. The van der Waals surface area contributed by atoms with E-state index in [1.54, 1.807) is 0 Å². The molecular formula is C28H30ClN3O2. The molecule has 0 bridgehead atoms. The Bertz CT molecular complexity index is 1300. The molecule has 1 aromatic heterocycles. The number of hydrogen-bond donors (Lipinski definition) is 1. The predicted octanol–water partition coefficient (Wildman–Crippen LogP) is 6.66. The fraction of sp³-hybridized carbons (Fsp3) is 0.286. The van der Waals surface area contributed by atoms with Gasteiger partial charge in [-0.1, -0.05) is 41.9 Å². The fourth-order valence-corrected chi connectivity index (χ4v) is 4.21. The van der Waals surface area contributed by atoms with Crippen molar-refractivity contribution < 1.29 is 9.53 Å². The highest BCUT2D eigenvalue weighted by molar-refractivity contribution is 6.31. The number of fused-ring (bicyclic) bond motifs is 1. The van der Waals surface area contributed by atoms with Gasteiger partial charge in [-0.05, 0) is 81.1 Å². The molecule has 0 fully saturated rings. The summed E-state index contributed by atoms with van der Waals surface area (Å²) in [5.41, 5.74) is 4.66. The smallest absolute Gasteiger partial charge is 0.252 e. The van der Waals surface area contributed by atoms with Gasteiger partial charge in [-0.2, -0.15) is 0 Å². The highest BCUT2D eigenvalue weighted by Crippen LogP contribution is 2.23. The Hall–Kier alpha value is -3.31. The molecule has 0 saturated carbocycles. The zero-order valence-corrected chi connectivity index (χ0v) is 20.6. The zero-order chi connectivity index (χ0) is 24.1. The summed E-state index contributed by atoms with van der Waals surface area (Å²) in [4.78, 5) is 17.7. The summed E-state index contributed by atoms with van der Waals surface area (Å²) in [5, 5.41) is 3.88. The van der Waals surface area contributed by atoms with Crippen LogP contribution < -0.4 is 10.1 Å². The van der Waals surface area contributed by atoms with E-state index < -0.39 is 0 Å². The maximum atomic E-state index is 12.9. The lowest BCUT2D eigenvalue weighted by atomic mass is 10.1. The third kappa shape index (κ3) is 5.42. The third-order valence-corrected chi connectivity index (χ3v) is 6.41. The van der Waals surface area contributed by atoms with E-state index in [1.807, 2.05) is 81.4 Å². The summed E-state index contributed by atoms with van der Waals surface area (Å²) in [6.45, 7) is 7.33. The molecule has 176 valence electrons.